The number of carbonyl (C=O) groups excluding carboxylic acids is 1. The molecule has 1 aliphatic heterocycles. The van der Waals surface area contributed by atoms with E-state index in [1.807, 2.05) is 6.92 Å². The van der Waals surface area contributed by atoms with Crippen LogP contribution in [0.2, 0.25) is 0 Å². The Morgan fingerprint density at radius 3 is 2.86 bits per heavy atom. The fourth-order valence-electron chi connectivity index (χ4n) is 3.31. The van der Waals surface area contributed by atoms with Gasteiger partial charge >= 0.3 is 0 Å². The Balaban J connectivity index is 1.88. The number of aromatic amines is 1. The number of allylic oxidation sites excluding steroid dienone is 5. The average molecular weight is 392 g/mol. The smallest absolute Gasteiger partial charge is 0.260 e. The SMILES string of the molecule is CC\C=C/C=C(F)\C(C)=C\C(=N)C1c2nc[nH]c2CCN1C(=O)C1CC1(F)F. The maximum Gasteiger partial charge on any atom is 0.260 e. The van der Waals surface area contributed by atoms with Gasteiger partial charge in [0.25, 0.3) is 5.92 Å². The van der Waals surface area contributed by atoms with Crippen LogP contribution in [-0.4, -0.2) is 39.0 Å². The van der Waals surface area contributed by atoms with Crippen molar-refractivity contribution in [3.8, 4) is 0 Å². The molecule has 2 N–H and O–H groups in total. The average Bonchev–Trinajstić information content (AvgIpc) is 3.05. The molecular weight excluding hydrogens is 369 g/mol. The number of aromatic nitrogens is 2. The summed E-state index contributed by atoms with van der Waals surface area (Å²) in [6.07, 6.45) is 8.22. The lowest BCUT2D eigenvalue weighted by Gasteiger charge is -2.35. The van der Waals surface area contributed by atoms with Gasteiger partial charge in [-0.05, 0) is 31.1 Å². The summed E-state index contributed by atoms with van der Waals surface area (Å²) >= 11 is 0. The van der Waals surface area contributed by atoms with E-state index in [1.165, 1.54) is 30.3 Å². The van der Waals surface area contributed by atoms with Gasteiger partial charge in [-0.1, -0.05) is 19.1 Å². The predicted molar refractivity (Wildman–Crippen MR) is 99.9 cm³/mol. The molecule has 1 aromatic heterocycles. The van der Waals surface area contributed by atoms with Crippen LogP contribution in [0.1, 0.15) is 44.1 Å². The quantitative estimate of drug-likeness (QED) is 0.560. The third-order valence-corrected chi connectivity index (χ3v) is 4.99. The largest absolute Gasteiger partial charge is 0.348 e. The van der Waals surface area contributed by atoms with Crippen LogP contribution in [0.3, 0.4) is 0 Å². The van der Waals surface area contributed by atoms with Crippen molar-refractivity contribution >= 4 is 11.6 Å². The van der Waals surface area contributed by atoms with Crippen LogP contribution in [0.4, 0.5) is 13.2 Å². The molecule has 2 aliphatic rings. The lowest BCUT2D eigenvalue weighted by molar-refractivity contribution is -0.136. The third kappa shape index (κ3) is 3.95. The number of nitrogens with one attached hydrogen (secondary N) is 2. The Morgan fingerprint density at radius 1 is 1.50 bits per heavy atom. The number of hydrogen-bond acceptors (Lipinski definition) is 3. The standard InChI is InChI=1S/C20H23F3N4O/c1-3-4-5-6-14(21)12(2)9-15(24)18-17-16(25-11-26-17)7-8-27(18)19(28)13-10-20(13,22)23/h4-6,9,11,13,18,24H,3,7-8,10H2,1-2H3,(H,25,26)/b5-4-,12-9+,14-6+,24-15?. The molecule has 0 saturated heterocycles. The normalized spacial score (nSPS) is 24.4. The van der Waals surface area contributed by atoms with Crippen LogP contribution in [0.25, 0.3) is 0 Å². The molecule has 1 saturated carbocycles. The van der Waals surface area contributed by atoms with Gasteiger partial charge in [0.1, 0.15) is 17.8 Å². The Hall–Kier alpha value is -2.64. The lowest BCUT2D eigenvalue weighted by Crippen LogP contribution is -2.44. The zero-order valence-corrected chi connectivity index (χ0v) is 15.8. The number of H-pyrrole nitrogens is 1. The first-order chi connectivity index (χ1) is 13.3. The predicted octanol–water partition coefficient (Wildman–Crippen LogP) is 4.28. The first-order valence-electron chi connectivity index (χ1n) is 9.26. The second-order valence-corrected chi connectivity index (χ2v) is 7.10. The van der Waals surface area contributed by atoms with E-state index in [2.05, 4.69) is 9.97 Å². The molecule has 0 aromatic carbocycles. The van der Waals surface area contributed by atoms with E-state index in [0.29, 0.717) is 12.1 Å². The van der Waals surface area contributed by atoms with Gasteiger partial charge in [0.05, 0.1) is 17.7 Å². The highest BCUT2D eigenvalue weighted by atomic mass is 19.3. The van der Waals surface area contributed by atoms with Crippen LogP contribution in [0.5, 0.6) is 0 Å². The van der Waals surface area contributed by atoms with E-state index in [-0.39, 0.29) is 17.8 Å². The maximum atomic E-state index is 14.2. The van der Waals surface area contributed by atoms with Crippen LogP contribution in [0, 0.1) is 11.3 Å². The molecule has 28 heavy (non-hydrogen) atoms. The summed E-state index contributed by atoms with van der Waals surface area (Å²) in [7, 11) is 0. The molecule has 0 bridgehead atoms. The van der Waals surface area contributed by atoms with Gasteiger partial charge in [-0.3, -0.25) is 4.79 Å². The van der Waals surface area contributed by atoms with Crippen molar-refractivity contribution in [1.82, 2.24) is 14.9 Å². The molecule has 5 nitrogen and oxygen atoms in total. The molecule has 0 radical (unpaired) electrons. The number of hydrogen-bond donors (Lipinski definition) is 2. The van der Waals surface area contributed by atoms with Crippen LogP contribution < -0.4 is 0 Å². The number of alkyl halides is 2. The molecule has 0 spiro atoms. The van der Waals surface area contributed by atoms with Crippen LogP contribution in [0.15, 0.2) is 42.0 Å². The Bertz CT molecular complexity index is 869. The van der Waals surface area contributed by atoms with E-state index >= 15 is 0 Å². The number of carbonyl (C=O) groups is 1. The zero-order valence-electron chi connectivity index (χ0n) is 15.8. The number of nitrogens with zero attached hydrogens (tertiary/aromatic N) is 2. The highest BCUT2D eigenvalue weighted by Crippen LogP contribution is 2.50. The number of imidazole rings is 1. The summed E-state index contributed by atoms with van der Waals surface area (Å²) in [5, 5.41) is 8.45. The minimum Gasteiger partial charge on any atom is -0.348 e. The minimum absolute atomic E-state index is 0.0640. The summed E-state index contributed by atoms with van der Waals surface area (Å²) in [4.78, 5) is 21.0. The van der Waals surface area contributed by atoms with Crippen molar-refractivity contribution in [2.75, 3.05) is 6.54 Å². The van der Waals surface area contributed by atoms with E-state index in [9.17, 15) is 18.0 Å². The summed E-state index contributed by atoms with van der Waals surface area (Å²) in [6, 6.07) is -0.909. The van der Waals surface area contributed by atoms with E-state index in [1.54, 1.807) is 12.2 Å². The molecule has 1 aliphatic carbocycles. The van der Waals surface area contributed by atoms with Crippen molar-refractivity contribution < 1.29 is 18.0 Å². The van der Waals surface area contributed by atoms with Crippen molar-refractivity contribution in [1.29, 1.82) is 5.41 Å². The summed E-state index contributed by atoms with van der Waals surface area (Å²) in [5.41, 5.74) is 1.37. The van der Waals surface area contributed by atoms with Crippen molar-refractivity contribution in [2.45, 2.75) is 45.1 Å². The van der Waals surface area contributed by atoms with Crippen molar-refractivity contribution in [3.63, 3.8) is 0 Å². The molecule has 1 fully saturated rings. The molecule has 150 valence electrons. The Labute approximate surface area is 161 Å². The molecule has 2 unspecified atom stereocenters. The van der Waals surface area contributed by atoms with E-state index in [0.717, 1.165) is 12.1 Å². The lowest BCUT2D eigenvalue weighted by atomic mass is 9.96. The summed E-state index contributed by atoms with van der Waals surface area (Å²) < 4.78 is 41.1. The van der Waals surface area contributed by atoms with Crippen LogP contribution >= 0.6 is 0 Å². The van der Waals surface area contributed by atoms with Gasteiger partial charge in [0.15, 0.2) is 0 Å². The number of fused-ring (bicyclic) bond motifs is 1. The van der Waals surface area contributed by atoms with Gasteiger partial charge in [0, 0.05) is 25.1 Å². The highest BCUT2D eigenvalue weighted by Gasteiger charge is 2.63. The second-order valence-electron chi connectivity index (χ2n) is 7.10. The fourth-order valence-corrected chi connectivity index (χ4v) is 3.31. The summed E-state index contributed by atoms with van der Waals surface area (Å²) in [6.45, 7) is 3.66. The maximum absolute atomic E-state index is 14.2. The monoisotopic (exact) mass is 392 g/mol. The molecule has 8 heteroatoms. The number of amides is 1. The van der Waals surface area contributed by atoms with Crippen molar-refractivity contribution in [2.24, 2.45) is 5.92 Å². The molecule has 1 aromatic rings. The summed E-state index contributed by atoms with van der Waals surface area (Å²) in [5.74, 6) is -5.51. The molecule has 2 atom stereocenters. The Morgan fingerprint density at radius 2 is 2.21 bits per heavy atom. The van der Waals surface area contributed by atoms with Gasteiger partial charge in [0.2, 0.25) is 5.91 Å². The topological polar surface area (TPSA) is 72.8 Å². The zero-order chi connectivity index (χ0) is 20.5. The van der Waals surface area contributed by atoms with Crippen molar-refractivity contribution in [3.05, 3.63) is 53.4 Å². The first kappa shape index (κ1) is 20.1. The first-order valence-corrected chi connectivity index (χ1v) is 9.26. The molecular formula is C20H23F3N4O. The van der Waals surface area contributed by atoms with Gasteiger partial charge in [-0.2, -0.15) is 0 Å². The van der Waals surface area contributed by atoms with E-state index in [4.69, 9.17) is 5.41 Å². The fraction of sp³-hybridized carbons (Fsp3) is 0.450. The second kappa shape index (κ2) is 7.77. The van der Waals surface area contributed by atoms with E-state index < -0.39 is 36.0 Å². The minimum atomic E-state index is -2.98. The molecule has 1 amide bonds. The molecule has 2 heterocycles. The van der Waals surface area contributed by atoms with Crippen LogP contribution in [-0.2, 0) is 11.2 Å². The molecule has 3 rings (SSSR count). The number of halogens is 3. The van der Waals surface area contributed by atoms with Gasteiger partial charge in [-0.15, -0.1) is 0 Å². The van der Waals surface area contributed by atoms with Gasteiger partial charge in [-0.25, -0.2) is 18.2 Å². The van der Waals surface area contributed by atoms with Gasteiger partial charge < -0.3 is 15.3 Å². The third-order valence-electron chi connectivity index (χ3n) is 4.99. The Kier molecular flexibility index (Phi) is 5.58. The highest BCUT2D eigenvalue weighted by molar-refractivity contribution is 6.01. The number of rotatable bonds is 6.